The standard InChI is InChI=1S/C8H10F3NO2S/c9-8(10,11)15-4-3-5-1-2-6(13)12-7(5)14/h5H,1-4H2,(H,12,13,14). The lowest BCUT2D eigenvalue weighted by Gasteiger charge is -2.20. The van der Waals surface area contributed by atoms with Crippen molar-refractivity contribution in [1.82, 2.24) is 5.32 Å². The molecule has 15 heavy (non-hydrogen) atoms. The summed E-state index contributed by atoms with van der Waals surface area (Å²) in [5, 5.41) is 2.11. The SMILES string of the molecule is O=C1CCC(CCSC(F)(F)F)C(=O)N1. The van der Waals surface area contributed by atoms with Gasteiger partial charge in [0.15, 0.2) is 0 Å². The molecule has 1 heterocycles. The zero-order chi connectivity index (χ0) is 11.5. The van der Waals surface area contributed by atoms with Crippen molar-refractivity contribution in [3.63, 3.8) is 0 Å². The summed E-state index contributed by atoms with van der Waals surface area (Å²) in [6, 6.07) is 0. The Bertz CT molecular complexity index is 267. The minimum atomic E-state index is -4.25. The van der Waals surface area contributed by atoms with E-state index in [-0.39, 0.29) is 36.3 Å². The molecule has 3 nitrogen and oxygen atoms in total. The van der Waals surface area contributed by atoms with Gasteiger partial charge in [0.05, 0.1) is 0 Å². The van der Waals surface area contributed by atoms with Crippen molar-refractivity contribution in [3.8, 4) is 0 Å². The molecule has 0 bridgehead atoms. The van der Waals surface area contributed by atoms with Crippen LogP contribution >= 0.6 is 11.8 Å². The number of rotatable bonds is 3. The first-order chi connectivity index (χ1) is 6.88. The van der Waals surface area contributed by atoms with Crippen molar-refractivity contribution in [2.75, 3.05) is 5.75 Å². The zero-order valence-electron chi connectivity index (χ0n) is 7.76. The molecule has 0 aromatic heterocycles. The average Bonchev–Trinajstić information content (AvgIpc) is 2.07. The van der Waals surface area contributed by atoms with Gasteiger partial charge in [0.25, 0.3) is 0 Å². The van der Waals surface area contributed by atoms with E-state index in [0.29, 0.717) is 6.42 Å². The predicted octanol–water partition coefficient (Wildman–Crippen LogP) is 1.68. The molecule has 1 N–H and O–H groups in total. The first-order valence-corrected chi connectivity index (χ1v) is 5.41. The van der Waals surface area contributed by atoms with Gasteiger partial charge in [-0.05, 0) is 12.8 Å². The third-order valence-corrected chi connectivity index (χ3v) is 2.85. The number of hydrogen-bond acceptors (Lipinski definition) is 3. The van der Waals surface area contributed by atoms with Crippen LogP contribution in [0.3, 0.4) is 0 Å². The van der Waals surface area contributed by atoms with Crippen molar-refractivity contribution in [1.29, 1.82) is 0 Å². The second kappa shape index (κ2) is 4.87. The molecule has 0 aromatic carbocycles. The maximum atomic E-state index is 11.8. The first kappa shape index (κ1) is 12.4. The summed E-state index contributed by atoms with van der Waals surface area (Å²) >= 11 is -0.135. The van der Waals surface area contributed by atoms with Gasteiger partial charge in [0.1, 0.15) is 0 Å². The van der Waals surface area contributed by atoms with Crippen molar-refractivity contribution in [2.45, 2.75) is 24.8 Å². The van der Waals surface area contributed by atoms with E-state index in [4.69, 9.17) is 0 Å². The fourth-order valence-electron chi connectivity index (χ4n) is 1.33. The van der Waals surface area contributed by atoms with Gasteiger partial charge in [0.2, 0.25) is 11.8 Å². The molecule has 1 fully saturated rings. The Morgan fingerprint density at radius 2 is 2.07 bits per heavy atom. The normalized spacial score (nSPS) is 22.7. The molecule has 0 radical (unpaired) electrons. The smallest absolute Gasteiger partial charge is 0.296 e. The molecule has 1 atom stereocenters. The minimum absolute atomic E-state index is 0.135. The molecule has 1 aliphatic rings. The van der Waals surface area contributed by atoms with Crippen LogP contribution in [0, 0.1) is 5.92 Å². The van der Waals surface area contributed by atoms with Crippen LogP contribution in [0.1, 0.15) is 19.3 Å². The highest BCUT2D eigenvalue weighted by molar-refractivity contribution is 8.00. The number of amides is 2. The Hall–Kier alpha value is -0.720. The number of thioether (sulfide) groups is 1. The van der Waals surface area contributed by atoms with Gasteiger partial charge < -0.3 is 0 Å². The van der Waals surface area contributed by atoms with Crippen LogP contribution in [-0.2, 0) is 9.59 Å². The third kappa shape index (κ3) is 4.55. The quantitative estimate of drug-likeness (QED) is 0.765. The van der Waals surface area contributed by atoms with Crippen molar-refractivity contribution >= 4 is 23.6 Å². The number of piperidine rings is 1. The molecule has 2 amide bonds. The highest BCUT2D eigenvalue weighted by Gasteiger charge is 2.30. The topological polar surface area (TPSA) is 46.2 Å². The van der Waals surface area contributed by atoms with E-state index >= 15 is 0 Å². The summed E-state index contributed by atoms with van der Waals surface area (Å²) in [7, 11) is 0. The molecule has 86 valence electrons. The van der Waals surface area contributed by atoms with E-state index in [1.807, 2.05) is 0 Å². The van der Waals surface area contributed by atoms with Gasteiger partial charge in [-0.15, -0.1) is 0 Å². The van der Waals surface area contributed by atoms with E-state index in [0.717, 1.165) is 0 Å². The van der Waals surface area contributed by atoms with Crippen LogP contribution in [0.2, 0.25) is 0 Å². The minimum Gasteiger partial charge on any atom is -0.296 e. The van der Waals surface area contributed by atoms with Gasteiger partial charge in [-0.3, -0.25) is 14.9 Å². The van der Waals surface area contributed by atoms with Crippen LogP contribution in [0.5, 0.6) is 0 Å². The summed E-state index contributed by atoms with van der Waals surface area (Å²) < 4.78 is 35.3. The van der Waals surface area contributed by atoms with E-state index in [2.05, 4.69) is 5.32 Å². The molecule has 1 aliphatic heterocycles. The van der Waals surface area contributed by atoms with Gasteiger partial charge in [-0.1, -0.05) is 11.8 Å². The van der Waals surface area contributed by atoms with Crippen LogP contribution in [0.4, 0.5) is 13.2 Å². The second-order valence-corrected chi connectivity index (χ2v) is 4.39. The average molecular weight is 241 g/mol. The van der Waals surface area contributed by atoms with E-state index in [1.54, 1.807) is 0 Å². The fourth-order valence-corrected chi connectivity index (χ4v) is 1.96. The Morgan fingerprint density at radius 3 is 2.60 bits per heavy atom. The van der Waals surface area contributed by atoms with E-state index in [1.165, 1.54) is 0 Å². The highest BCUT2D eigenvalue weighted by atomic mass is 32.2. The second-order valence-electron chi connectivity index (χ2n) is 3.23. The molecular formula is C8H10F3NO2S. The van der Waals surface area contributed by atoms with E-state index in [9.17, 15) is 22.8 Å². The number of carbonyl (C=O) groups excluding carboxylic acids is 2. The number of alkyl halides is 3. The Kier molecular flexibility index (Phi) is 4.01. The summed E-state index contributed by atoms with van der Waals surface area (Å²) in [4.78, 5) is 21.9. The summed E-state index contributed by atoms with van der Waals surface area (Å²) in [5.74, 6) is -1.40. The van der Waals surface area contributed by atoms with Crippen molar-refractivity contribution in [2.24, 2.45) is 5.92 Å². The van der Waals surface area contributed by atoms with Gasteiger partial charge >= 0.3 is 5.51 Å². The monoisotopic (exact) mass is 241 g/mol. The molecule has 1 saturated heterocycles. The molecule has 0 spiro atoms. The lowest BCUT2D eigenvalue weighted by Crippen LogP contribution is -2.40. The Labute approximate surface area is 88.8 Å². The van der Waals surface area contributed by atoms with Crippen LogP contribution in [0.25, 0.3) is 0 Å². The fraction of sp³-hybridized carbons (Fsp3) is 0.750. The number of imide groups is 1. The van der Waals surface area contributed by atoms with E-state index < -0.39 is 17.3 Å². The molecular weight excluding hydrogens is 231 g/mol. The molecule has 0 aliphatic carbocycles. The van der Waals surface area contributed by atoms with Crippen molar-refractivity contribution < 1.29 is 22.8 Å². The maximum Gasteiger partial charge on any atom is 0.441 e. The number of nitrogens with one attached hydrogen (secondary N) is 1. The molecule has 0 saturated carbocycles. The van der Waals surface area contributed by atoms with Crippen LogP contribution in [0.15, 0.2) is 0 Å². The Morgan fingerprint density at radius 1 is 1.40 bits per heavy atom. The van der Waals surface area contributed by atoms with Crippen LogP contribution < -0.4 is 5.32 Å². The Balaban J connectivity index is 2.27. The van der Waals surface area contributed by atoms with Gasteiger partial charge in [-0.25, -0.2) is 0 Å². The number of carbonyl (C=O) groups is 2. The highest BCUT2D eigenvalue weighted by Crippen LogP contribution is 2.32. The summed E-state index contributed by atoms with van der Waals surface area (Å²) in [6.45, 7) is 0. The first-order valence-electron chi connectivity index (χ1n) is 4.43. The summed E-state index contributed by atoms with van der Waals surface area (Å²) in [5.41, 5.74) is -4.25. The lowest BCUT2D eigenvalue weighted by atomic mass is 9.96. The summed E-state index contributed by atoms with van der Waals surface area (Å²) in [6.07, 6.45) is 0.722. The molecule has 1 rings (SSSR count). The number of halogens is 3. The third-order valence-electron chi connectivity index (χ3n) is 2.09. The maximum absolute atomic E-state index is 11.8. The van der Waals surface area contributed by atoms with Gasteiger partial charge in [0, 0.05) is 18.1 Å². The van der Waals surface area contributed by atoms with Crippen molar-refractivity contribution in [3.05, 3.63) is 0 Å². The van der Waals surface area contributed by atoms with Gasteiger partial charge in [-0.2, -0.15) is 13.2 Å². The largest absolute Gasteiger partial charge is 0.441 e. The number of hydrogen-bond donors (Lipinski definition) is 1. The van der Waals surface area contributed by atoms with Crippen LogP contribution in [-0.4, -0.2) is 23.1 Å². The molecule has 7 heteroatoms. The molecule has 0 aromatic rings. The predicted molar refractivity (Wildman–Crippen MR) is 49.0 cm³/mol. The lowest BCUT2D eigenvalue weighted by molar-refractivity contribution is -0.136. The zero-order valence-corrected chi connectivity index (χ0v) is 8.58. The molecule has 1 unspecified atom stereocenters.